The number of benzene rings is 2. The zero-order chi connectivity index (χ0) is 20.3. The summed E-state index contributed by atoms with van der Waals surface area (Å²) in [7, 11) is -0.159. The first-order chi connectivity index (χ1) is 13.3. The lowest BCUT2D eigenvalue weighted by molar-refractivity contribution is 0.216. The van der Waals surface area contributed by atoms with Crippen molar-refractivity contribution in [2.24, 2.45) is 5.14 Å². The van der Waals surface area contributed by atoms with E-state index in [1.165, 1.54) is 12.1 Å². The molecule has 0 aliphatic heterocycles. The summed E-state index contributed by atoms with van der Waals surface area (Å²) in [4.78, 5) is 6.56. The number of sulfonamides is 1. The molecule has 0 aliphatic carbocycles. The van der Waals surface area contributed by atoms with Gasteiger partial charge in [-0.15, -0.1) is 0 Å². The summed E-state index contributed by atoms with van der Waals surface area (Å²) >= 11 is 0. The van der Waals surface area contributed by atoms with Gasteiger partial charge in [-0.05, 0) is 55.9 Å². The molecule has 148 valence electrons. The molecular weight excluding hydrogens is 380 g/mol. The molecule has 3 aromatic rings. The molecule has 2 aromatic carbocycles. The van der Waals surface area contributed by atoms with Crippen molar-refractivity contribution in [2.45, 2.75) is 24.4 Å². The molecule has 1 atom stereocenters. The normalized spacial score (nSPS) is 12.9. The van der Waals surface area contributed by atoms with Crippen molar-refractivity contribution >= 4 is 10.0 Å². The molecule has 1 aromatic heterocycles. The Kier molecular flexibility index (Phi) is 5.78. The molecule has 0 spiro atoms. The van der Waals surface area contributed by atoms with Crippen molar-refractivity contribution in [3.63, 3.8) is 0 Å². The first-order valence-corrected chi connectivity index (χ1v) is 10.1. The van der Waals surface area contributed by atoms with Crippen LogP contribution in [0.5, 0.6) is 5.75 Å². The lowest BCUT2D eigenvalue weighted by atomic mass is 10.1. The monoisotopic (exact) mass is 402 g/mol. The number of nitrogens with zero attached hydrogens (tertiary/aromatic N) is 3. The minimum Gasteiger partial charge on any atom is -0.497 e. The molecule has 0 radical (unpaired) electrons. The van der Waals surface area contributed by atoms with Gasteiger partial charge in [-0.2, -0.15) is 4.98 Å². The van der Waals surface area contributed by atoms with Crippen LogP contribution in [-0.4, -0.2) is 37.6 Å². The molecule has 0 unspecified atom stereocenters. The Morgan fingerprint density at radius 3 is 2.36 bits per heavy atom. The van der Waals surface area contributed by atoms with Crippen molar-refractivity contribution in [3.05, 3.63) is 60.0 Å². The number of rotatable bonds is 7. The predicted octanol–water partition coefficient (Wildman–Crippen LogP) is 2.59. The Morgan fingerprint density at radius 2 is 1.79 bits per heavy atom. The average Bonchev–Trinajstić information content (AvgIpc) is 3.15. The molecule has 2 N–H and O–H groups in total. The van der Waals surface area contributed by atoms with Gasteiger partial charge in [-0.25, -0.2) is 13.6 Å². The maximum atomic E-state index is 11.4. The van der Waals surface area contributed by atoms with Gasteiger partial charge in [0.2, 0.25) is 21.7 Å². The Morgan fingerprint density at radius 1 is 1.14 bits per heavy atom. The molecule has 0 saturated carbocycles. The summed E-state index contributed by atoms with van der Waals surface area (Å²) in [5, 5.41) is 9.17. The smallest absolute Gasteiger partial charge is 0.241 e. The van der Waals surface area contributed by atoms with E-state index in [0.29, 0.717) is 18.3 Å². The number of primary sulfonamides is 1. The van der Waals surface area contributed by atoms with E-state index >= 15 is 0 Å². The molecule has 9 heteroatoms. The van der Waals surface area contributed by atoms with Gasteiger partial charge in [0.15, 0.2) is 0 Å². The highest BCUT2D eigenvalue weighted by Gasteiger charge is 2.17. The van der Waals surface area contributed by atoms with Crippen LogP contribution in [-0.2, 0) is 16.6 Å². The van der Waals surface area contributed by atoms with Gasteiger partial charge >= 0.3 is 0 Å². The van der Waals surface area contributed by atoms with E-state index in [9.17, 15) is 8.42 Å². The van der Waals surface area contributed by atoms with E-state index in [1.807, 2.05) is 43.1 Å². The molecule has 0 bridgehead atoms. The van der Waals surface area contributed by atoms with Crippen LogP contribution in [0.25, 0.3) is 11.4 Å². The molecule has 8 nitrogen and oxygen atoms in total. The average molecular weight is 402 g/mol. The fourth-order valence-corrected chi connectivity index (χ4v) is 3.23. The van der Waals surface area contributed by atoms with Crippen LogP contribution in [0.3, 0.4) is 0 Å². The van der Waals surface area contributed by atoms with E-state index in [1.54, 1.807) is 19.2 Å². The van der Waals surface area contributed by atoms with Gasteiger partial charge in [-0.3, -0.25) is 4.90 Å². The van der Waals surface area contributed by atoms with Crippen LogP contribution >= 0.6 is 0 Å². The maximum Gasteiger partial charge on any atom is 0.241 e. The number of aromatic nitrogens is 2. The second kappa shape index (κ2) is 8.09. The third-order valence-corrected chi connectivity index (χ3v) is 5.48. The highest BCUT2D eigenvalue weighted by Crippen LogP contribution is 2.23. The highest BCUT2D eigenvalue weighted by molar-refractivity contribution is 7.89. The molecular formula is C19H22N4O4S. The zero-order valence-corrected chi connectivity index (χ0v) is 16.7. The SMILES string of the molecule is COc1ccc(-c2noc(CN(C)[C@H](C)c3ccc(S(N)(=O)=O)cc3)n2)cc1. The fourth-order valence-electron chi connectivity index (χ4n) is 2.72. The van der Waals surface area contributed by atoms with E-state index in [2.05, 4.69) is 10.1 Å². The highest BCUT2D eigenvalue weighted by atomic mass is 32.2. The van der Waals surface area contributed by atoms with E-state index in [-0.39, 0.29) is 10.9 Å². The number of nitrogens with two attached hydrogens (primary N) is 1. The number of hydrogen-bond donors (Lipinski definition) is 1. The van der Waals surface area contributed by atoms with E-state index < -0.39 is 10.0 Å². The predicted molar refractivity (Wildman–Crippen MR) is 104 cm³/mol. The Bertz CT molecular complexity index is 1030. The van der Waals surface area contributed by atoms with Crippen molar-refractivity contribution < 1.29 is 17.7 Å². The third kappa shape index (κ3) is 4.56. The summed E-state index contributed by atoms with van der Waals surface area (Å²) in [6.45, 7) is 2.45. The van der Waals surface area contributed by atoms with Gasteiger partial charge in [0, 0.05) is 11.6 Å². The number of methoxy groups -OCH3 is 1. The molecule has 0 aliphatic rings. The first-order valence-electron chi connectivity index (χ1n) is 8.58. The molecule has 0 amide bonds. The lowest BCUT2D eigenvalue weighted by Crippen LogP contribution is -2.22. The zero-order valence-electron chi connectivity index (χ0n) is 15.9. The van der Waals surface area contributed by atoms with Crippen LogP contribution in [0.2, 0.25) is 0 Å². The van der Waals surface area contributed by atoms with E-state index in [0.717, 1.165) is 16.9 Å². The van der Waals surface area contributed by atoms with Gasteiger partial charge in [0.1, 0.15) is 5.75 Å². The second-order valence-corrected chi connectivity index (χ2v) is 8.01. The van der Waals surface area contributed by atoms with Crippen molar-refractivity contribution in [1.82, 2.24) is 15.0 Å². The standard InChI is InChI=1S/C19H22N4O4S/c1-13(14-6-10-17(11-7-14)28(20,24)25)23(2)12-18-21-19(22-27-18)15-4-8-16(26-3)9-5-15/h4-11,13H,12H2,1-3H3,(H2,20,24,25)/t13-/m1/s1. The number of ether oxygens (including phenoxy) is 1. The Labute approximate surface area is 164 Å². The van der Waals surface area contributed by atoms with E-state index in [4.69, 9.17) is 14.4 Å². The minimum atomic E-state index is -3.70. The Hall–Kier alpha value is -2.75. The largest absolute Gasteiger partial charge is 0.497 e. The maximum absolute atomic E-state index is 11.4. The van der Waals surface area contributed by atoms with Crippen LogP contribution in [0, 0.1) is 0 Å². The van der Waals surface area contributed by atoms with Crippen LogP contribution < -0.4 is 9.88 Å². The van der Waals surface area contributed by atoms with Gasteiger partial charge < -0.3 is 9.26 Å². The Balaban J connectivity index is 1.68. The first kappa shape index (κ1) is 20.0. The lowest BCUT2D eigenvalue weighted by Gasteiger charge is -2.23. The molecule has 28 heavy (non-hydrogen) atoms. The molecule has 3 rings (SSSR count). The second-order valence-electron chi connectivity index (χ2n) is 6.45. The summed E-state index contributed by atoms with van der Waals surface area (Å²) in [5.41, 5.74) is 1.79. The third-order valence-electron chi connectivity index (χ3n) is 4.55. The topological polar surface area (TPSA) is 112 Å². The van der Waals surface area contributed by atoms with Crippen molar-refractivity contribution in [1.29, 1.82) is 0 Å². The molecule has 1 heterocycles. The van der Waals surface area contributed by atoms with Gasteiger partial charge in [0.05, 0.1) is 18.6 Å². The quantitative estimate of drug-likeness (QED) is 0.646. The summed E-state index contributed by atoms with van der Waals surface area (Å²) in [5.74, 6) is 1.76. The summed E-state index contributed by atoms with van der Waals surface area (Å²) in [6.07, 6.45) is 0. The minimum absolute atomic E-state index is 0.00543. The van der Waals surface area contributed by atoms with Crippen molar-refractivity contribution in [3.8, 4) is 17.1 Å². The number of hydrogen-bond acceptors (Lipinski definition) is 7. The molecule has 0 fully saturated rings. The fraction of sp³-hybridized carbons (Fsp3) is 0.263. The summed E-state index contributed by atoms with van der Waals surface area (Å²) < 4.78 is 33.3. The van der Waals surface area contributed by atoms with Crippen molar-refractivity contribution in [2.75, 3.05) is 14.2 Å². The summed E-state index contributed by atoms with van der Waals surface area (Å²) in [6, 6.07) is 13.9. The van der Waals surface area contributed by atoms with Crippen LogP contribution in [0.15, 0.2) is 57.9 Å². The van der Waals surface area contributed by atoms with Gasteiger partial charge in [-0.1, -0.05) is 17.3 Å². The van der Waals surface area contributed by atoms with Gasteiger partial charge in [0.25, 0.3) is 0 Å². The molecule has 0 saturated heterocycles. The van der Waals surface area contributed by atoms with Crippen LogP contribution in [0.4, 0.5) is 0 Å². The van der Waals surface area contributed by atoms with Crippen LogP contribution in [0.1, 0.15) is 24.4 Å².